The Balaban J connectivity index is -0.000000375. The van der Waals surface area contributed by atoms with E-state index in [-0.39, 0.29) is 57.7 Å². The fraction of sp³-hybridized carbons (Fsp3) is 0.833. The first-order valence-corrected chi connectivity index (χ1v) is 5.87. The van der Waals surface area contributed by atoms with Gasteiger partial charge in [0.2, 0.25) is 0 Å². The third-order valence-corrected chi connectivity index (χ3v) is 3.35. The number of aliphatic carboxylic acids is 2. The van der Waals surface area contributed by atoms with Crippen LogP contribution in [0.15, 0.2) is 0 Å². The van der Waals surface area contributed by atoms with Crippen molar-refractivity contribution in [2.24, 2.45) is 11.3 Å². The standard InChI is InChI=1S/C12H22O4.Ba.2H/c1-4-6-7-8-9(5-2)12(3,10(13)14)11(15)16;;;/h9H,4-8H2,1-3H3,(H,13,14)(H,15,16);;;/q;+2;2*-1. The summed E-state index contributed by atoms with van der Waals surface area (Å²) in [5.41, 5.74) is -1.65. The van der Waals surface area contributed by atoms with Crippen LogP contribution in [0.3, 0.4) is 0 Å². The number of unbranched alkanes of at least 4 members (excludes halogenated alkanes) is 2. The van der Waals surface area contributed by atoms with E-state index in [0.717, 1.165) is 19.3 Å². The van der Waals surface area contributed by atoms with Crippen LogP contribution in [-0.2, 0) is 9.59 Å². The molecule has 0 radical (unpaired) electrons. The third-order valence-electron chi connectivity index (χ3n) is 3.35. The molecule has 2 N–H and O–H groups in total. The molecule has 17 heavy (non-hydrogen) atoms. The molecule has 0 saturated carbocycles. The van der Waals surface area contributed by atoms with Crippen LogP contribution in [0.2, 0.25) is 0 Å². The molecule has 5 heteroatoms. The summed E-state index contributed by atoms with van der Waals surface area (Å²) in [6.07, 6.45) is 4.21. The molecule has 0 aliphatic rings. The predicted octanol–water partition coefficient (Wildman–Crippen LogP) is 2.61. The number of rotatable bonds is 8. The van der Waals surface area contributed by atoms with E-state index < -0.39 is 17.4 Å². The van der Waals surface area contributed by atoms with Gasteiger partial charge in [0.25, 0.3) is 0 Å². The fourth-order valence-electron chi connectivity index (χ4n) is 1.98. The molecular weight excluding hydrogens is 345 g/mol. The van der Waals surface area contributed by atoms with Crippen molar-refractivity contribution in [2.45, 2.75) is 52.9 Å². The van der Waals surface area contributed by atoms with Gasteiger partial charge in [0.15, 0.2) is 5.41 Å². The molecule has 0 aromatic carbocycles. The van der Waals surface area contributed by atoms with Crippen molar-refractivity contribution in [1.29, 1.82) is 0 Å². The summed E-state index contributed by atoms with van der Waals surface area (Å²) < 4.78 is 0. The van der Waals surface area contributed by atoms with Crippen molar-refractivity contribution in [3.05, 3.63) is 0 Å². The van der Waals surface area contributed by atoms with Gasteiger partial charge in [-0.1, -0.05) is 39.5 Å². The molecule has 0 fully saturated rings. The number of hydrogen-bond acceptors (Lipinski definition) is 2. The van der Waals surface area contributed by atoms with Crippen LogP contribution < -0.4 is 0 Å². The van der Waals surface area contributed by atoms with Crippen molar-refractivity contribution in [3.8, 4) is 0 Å². The zero-order valence-electron chi connectivity index (χ0n) is 13.0. The normalized spacial score (nSPS) is 12.6. The van der Waals surface area contributed by atoms with Crippen molar-refractivity contribution >= 4 is 60.8 Å². The van der Waals surface area contributed by atoms with E-state index in [9.17, 15) is 9.59 Å². The largest absolute Gasteiger partial charge is 2.00 e. The molecule has 0 rings (SSSR count). The monoisotopic (exact) mass is 370 g/mol. The molecule has 0 saturated heterocycles. The Morgan fingerprint density at radius 1 is 1.18 bits per heavy atom. The first-order chi connectivity index (χ1) is 7.41. The van der Waals surface area contributed by atoms with Gasteiger partial charge >= 0.3 is 60.8 Å². The Morgan fingerprint density at radius 2 is 1.65 bits per heavy atom. The smallest absolute Gasteiger partial charge is 1.00 e. The molecule has 4 nitrogen and oxygen atoms in total. The molecule has 0 heterocycles. The zero-order valence-corrected chi connectivity index (χ0v) is 15.5. The minimum absolute atomic E-state index is 0. The molecule has 0 spiro atoms. The van der Waals surface area contributed by atoms with Gasteiger partial charge in [0.1, 0.15) is 0 Å². The number of carbonyl (C=O) groups is 2. The summed E-state index contributed by atoms with van der Waals surface area (Å²) in [5.74, 6) is -2.76. The molecule has 0 aliphatic carbocycles. The summed E-state index contributed by atoms with van der Waals surface area (Å²) in [7, 11) is 0. The molecule has 0 amide bonds. The Labute approximate surface area is 146 Å². The second kappa shape index (κ2) is 9.44. The minimum atomic E-state index is -1.65. The van der Waals surface area contributed by atoms with E-state index in [1.807, 2.05) is 6.92 Å². The zero-order chi connectivity index (χ0) is 12.8. The Hall–Kier alpha value is 0.511. The van der Waals surface area contributed by atoms with E-state index in [0.29, 0.717) is 12.8 Å². The van der Waals surface area contributed by atoms with Gasteiger partial charge in [-0.05, 0) is 19.3 Å². The molecule has 0 aliphatic heterocycles. The quantitative estimate of drug-likeness (QED) is 0.392. The van der Waals surface area contributed by atoms with Crippen LogP contribution in [0.25, 0.3) is 0 Å². The van der Waals surface area contributed by atoms with Gasteiger partial charge in [-0.15, -0.1) is 0 Å². The minimum Gasteiger partial charge on any atom is -1.00 e. The number of carboxylic acids is 2. The second-order valence-corrected chi connectivity index (χ2v) is 4.41. The molecule has 0 aromatic heterocycles. The Morgan fingerprint density at radius 3 is 1.94 bits per heavy atom. The molecule has 0 aromatic rings. The molecule has 0 bridgehead atoms. The van der Waals surface area contributed by atoms with Gasteiger partial charge in [0.05, 0.1) is 0 Å². The topological polar surface area (TPSA) is 74.6 Å². The Bertz CT molecular complexity index is 248. The van der Waals surface area contributed by atoms with Crippen LogP contribution in [0.1, 0.15) is 55.7 Å². The third kappa shape index (κ3) is 5.34. The van der Waals surface area contributed by atoms with Gasteiger partial charge in [0, 0.05) is 0 Å². The van der Waals surface area contributed by atoms with E-state index in [1.165, 1.54) is 6.92 Å². The molecule has 1 unspecified atom stereocenters. The maximum atomic E-state index is 11.1. The van der Waals surface area contributed by atoms with Gasteiger partial charge < -0.3 is 13.1 Å². The summed E-state index contributed by atoms with van der Waals surface area (Å²) in [6, 6.07) is 0. The summed E-state index contributed by atoms with van der Waals surface area (Å²) in [6.45, 7) is 5.23. The van der Waals surface area contributed by atoms with Crippen molar-refractivity contribution in [3.63, 3.8) is 0 Å². The van der Waals surface area contributed by atoms with Crippen LogP contribution in [-0.4, -0.2) is 71.0 Å². The van der Waals surface area contributed by atoms with E-state index >= 15 is 0 Å². The van der Waals surface area contributed by atoms with Gasteiger partial charge in [-0.2, -0.15) is 0 Å². The van der Waals surface area contributed by atoms with E-state index in [2.05, 4.69) is 6.92 Å². The van der Waals surface area contributed by atoms with Crippen LogP contribution in [0.5, 0.6) is 0 Å². The molecular formula is C12H24BaO4. The van der Waals surface area contributed by atoms with Gasteiger partial charge in [-0.25, -0.2) is 0 Å². The van der Waals surface area contributed by atoms with E-state index in [1.54, 1.807) is 0 Å². The predicted molar refractivity (Wildman–Crippen MR) is 69.3 cm³/mol. The number of hydrogen-bond donors (Lipinski definition) is 2. The van der Waals surface area contributed by atoms with Crippen LogP contribution in [0.4, 0.5) is 0 Å². The fourth-order valence-corrected chi connectivity index (χ4v) is 1.98. The SMILES string of the molecule is CCCCCC(CC)C(C)(C(=O)O)C(=O)O.[Ba+2].[H-].[H-]. The van der Waals surface area contributed by atoms with Crippen molar-refractivity contribution in [1.82, 2.24) is 0 Å². The average molecular weight is 370 g/mol. The van der Waals surface area contributed by atoms with Crippen molar-refractivity contribution in [2.75, 3.05) is 0 Å². The number of carboxylic acid groups (broad SMARTS) is 2. The first kappa shape index (κ1) is 19.8. The van der Waals surface area contributed by atoms with Crippen molar-refractivity contribution < 1.29 is 22.7 Å². The van der Waals surface area contributed by atoms with E-state index in [4.69, 9.17) is 10.2 Å². The second-order valence-electron chi connectivity index (χ2n) is 4.41. The van der Waals surface area contributed by atoms with Crippen LogP contribution >= 0.6 is 0 Å². The van der Waals surface area contributed by atoms with Gasteiger partial charge in [-0.3, -0.25) is 9.59 Å². The maximum Gasteiger partial charge on any atom is 2.00 e. The molecule has 98 valence electrons. The summed E-state index contributed by atoms with van der Waals surface area (Å²) in [5, 5.41) is 18.2. The molecule has 1 atom stereocenters. The first-order valence-electron chi connectivity index (χ1n) is 5.87. The van der Waals surface area contributed by atoms with Crippen LogP contribution in [0, 0.1) is 11.3 Å². The average Bonchev–Trinajstić information content (AvgIpc) is 2.23. The Kier molecular flexibility index (Phi) is 11.0. The summed E-state index contributed by atoms with van der Waals surface area (Å²) >= 11 is 0. The summed E-state index contributed by atoms with van der Waals surface area (Å²) in [4.78, 5) is 22.2. The maximum absolute atomic E-state index is 11.1.